The molecule has 0 saturated heterocycles. The van der Waals surface area contributed by atoms with E-state index in [0.29, 0.717) is 16.5 Å². The van der Waals surface area contributed by atoms with Gasteiger partial charge in [-0.05, 0) is 13.0 Å². The van der Waals surface area contributed by atoms with Crippen molar-refractivity contribution in [2.24, 2.45) is 0 Å². The Balaban J connectivity index is 2.21. The van der Waals surface area contributed by atoms with Gasteiger partial charge in [0.15, 0.2) is 0 Å². The number of ether oxygens (including phenoxy) is 1. The van der Waals surface area contributed by atoms with Gasteiger partial charge in [-0.3, -0.25) is 4.79 Å². The van der Waals surface area contributed by atoms with Crippen LogP contribution in [0.3, 0.4) is 0 Å². The fourth-order valence-corrected chi connectivity index (χ4v) is 1.66. The van der Waals surface area contributed by atoms with Crippen LogP contribution in [0.1, 0.15) is 17.3 Å². The molecular formula is C13H13NO4. The largest absolute Gasteiger partial charge is 0.467 e. The second kappa shape index (κ2) is 4.91. The van der Waals surface area contributed by atoms with Crippen molar-refractivity contribution in [1.82, 2.24) is 5.32 Å². The summed E-state index contributed by atoms with van der Waals surface area (Å²) < 4.78 is 9.80. The van der Waals surface area contributed by atoms with Crippen LogP contribution >= 0.6 is 0 Å². The number of amides is 1. The maximum Gasteiger partial charge on any atom is 0.328 e. The number of furan rings is 1. The molecule has 1 atom stereocenters. The van der Waals surface area contributed by atoms with E-state index < -0.39 is 12.0 Å². The van der Waals surface area contributed by atoms with Crippen LogP contribution in [0, 0.1) is 0 Å². The first-order valence-electron chi connectivity index (χ1n) is 5.48. The van der Waals surface area contributed by atoms with Gasteiger partial charge >= 0.3 is 5.97 Å². The summed E-state index contributed by atoms with van der Waals surface area (Å²) in [5.41, 5.74) is 1.04. The number of benzene rings is 1. The number of fused-ring (bicyclic) bond motifs is 1. The number of methoxy groups -OCH3 is 1. The highest BCUT2D eigenvalue weighted by molar-refractivity contribution is 6.06. The number of rotatable bonds is 3. The number of esters is 1. The van der Waals surface area contributed by atoms with E-state index in [1.54, 1.807) is 19.1 Å². The lowest BCUT2D eigenvalue weighted by molar-refractivity contribution is -0.142. The molecule has 1 N–H and O–H groups in total. The maximum absolute atomic E-state index is 12.0. The van der Waals surface area contributed by atoms with Crippen molar-refractivity contribution in [3.05, 3.63) is 36.1 Å². The van der Waals surface area contributed by atoms with Crippen LogP contribution in [0.25, 0.3) is 11.0 Å². The smallest absolute Gasteiger partial charge is 0.328 e. The molecule has 1 heterocycles. The summed E-state index contributed by atoms with van der Waals surface area (Å²) in [5, 5.41) is 3.27. The topological polar surface area (TPSA) is 68.5 Å². The van der Waals surface area contributed by atoms with Crippen molar-refractivity contribution in [1.29, 1.82) is 0 Å². The molecule has 94 valence electrons. The molecule has 5 nitrogen and oxygen atoms in total. The Morgan fingerprint density at radius 1 is 1.33 bits per heavy atom. The van der Waals surface area contributed by atoms with Crippen LogP contribution in [-0.2, 0) is 9.53 Å². The van der Waals surface area contributed by atoms with Crippen molar-refractivity contribution < 1.29 is 18.7 Å². The minimum atomic E-state index is -0.698. The number of hydrogen-bond acceptors (Lipinski definition) is 4. The quantitative estimate of drug-likeness (QED) is 0.838. The predicted octanol–water partition coefficient (Wildman–Crippen LogP) is 1.72. The molecule has 0 bridgehead atoms. The Bertz CT molecular complexity index is 587. The molecule has 5 heteroatoms. The Labute approximate surface area is 104 Å². The number of para-hydroxylation sites is 1. The van der Waals surface area contributed by atoms with E-state index in [9.17, 15) is 9.59 Å². The number of carbonyl (C=O) groups excluding carboxylic acids is 2. The van der Waals surface area contributed by atoms with Gasteiger partial charge in [0.25, 0.3) is 5.91 Å². The van der Waals surface area contributed by atoms with Crippen molar-refractivity contribution in [3.8, 4) is 0 Å². The molecule has 18 heavy (non-hydrogen) atoms. The summed E-state index contributed by atoms with van der Waals surface area (Å²) in [6.45, 7) is 1.56. The molecule has 1 unspecified atom stereocenters. The van der Waals surface area contributed by atoms with E-state index in [0.717, 1.165) is 0 Å². The average Bonchev–Trinajstić information content (AvgIpc) is 2.81. The molecule has 1 aromatic carbocycles. The third-order valence-electron chi connectivity index (χ3n) is 2.63. The highest BCUT2D eigenvalue weighted by Gasteiger charge is 2.19. The lowest BCUT2D eigenvalue weighted by Gasteiger charge is -2.10. The SMILES string of the molecule is COC(=O)C(C)NC(=O)c1coc2ccccc12. The Hall–Kier alpha value is -2.30. The zero-order valence-corrected chi connectivity index (χ0v) is 10.1. The molecule has 1 amide bonds. The Morgan fingerprint density at radius 2 is 2.06 bits per heavy atom. The predicted molar refractivity (Wildman–Crippen MR) is 65.2 cm³/mol. The average molecular weight is 247 g/mol. The molecule has 0 aliphatic heterocycles. The molecule has 2 rings (SSSR count). The second-order valence-electron chi connectivity index (χ2n) is 3.86. The standard InChI is InChI=1S/C13H13NO4/c1-8(13(16)17-2)14-12(15)10-7-18-11-6-4-3-5-9(10)11/h3-8H,1-2H3,(H,14,15). The lowest BCUT2D eigenvalue weighted by Crippen LogP contribution is -2.39. The molecule has 0 spiro atoms. The molecule has 0 radical (unpaired) electrons. The summed E-state index contributed by atoms with van der Waals surface area (Å²) in [6.07, 6.45) is 1.38. The first-order valence-corrected chi connectivity index (χ1v) is 5.48. The summed E-state index contributed by atoms with van der Waals surface area (Å²) in [4.78, 5) is 23.2. The number of nitrogens with one attached hydrogen (secondary N) is 1. The van der Waals surface area contributed by atoms with E-state index in [1.165, 1.54) is 13.4 Å². The van der Waals surface area contributed by atoms with Gasteiger partial charge in [-0.25, -0.2) is 4.79 Å². The van der Waals surface area contributed by atoms with Crippen LogP contribution < -0.4 is 5.32 Å². The zero-order valence-electron chi connectivity index (χ0n) is 10.1. The van der Waals surface area contributed by atoms with Crippen molar-refractivity contribution in [2.45, 2.75) is 13.0 Å². The van der Waals surface area contributed by atoms with Crippen molar-refractivity contribution in [2.75, 3.05) is 7.11 Å². The fourth-order valence-electron chi connectivity index (χ4n) is 1.66. The van der Waals surface area contributed by atoms with Gasteiger partial charge in [0.1, 0.15) is 17.9 Å². The lowest BCUT2D eigenvalue weighted by atomic mass is 10.1. The summed E-state index contributed by atoms with van der Waals surface area (Å²) in [5.74, 6) is -0.853. The third-order valence-corrected chi connectivity index (χ3v) is 2.63. The highest BCUT2D eigenvalue weighted by atomic mass is 16.5. The molecule has 0 aliphatic carbocycles. The summed E-state index contributed by atoms with van der Waals surface area (Å²) in [6, 6.07) is 6.51. The minimum Gasteiger partial charge on any atom is -0.467 e. The Morgan fingerprint density at radius 3 is 2.78 bits per heavy atom. The summed E-state index contributed by atoms with van der Waals surface area (Å²) in [7, 11) is 1.28. The van der Waals surface area contributed by atoms with Gasteiger partial charge < -0.3 is 14.5 Å². The fraction of sp³-hybridized carbons (Fsp3) is 0.231. The molecule has 0 fully saturated rings. The van der Waals surface area contributed by atoms with E-state index in [-0.39, 0.29) is 5.91 Å². The van der Waals surface area contributed by atoms with Gasteiger partial charge in [0.2, 0.25) is 0 Å². The van der Waals surface area contributed by atoms with Crippen LogP contribution in [0.5, 0.6) is 0 Å². The molecule has 2 aromatic rings. The van der Waals surface area contributed by atoms with E-state index >= 15 is 0 Å². The normalized spacial score (nSPS) is 12.1. The van der Waals surface area contributed by atoms with Crippen molar-refractivity contribution >= 4 is 22.8 Å². The Kier molecular flexibility index (Phi) is 3.32. The molecule has 1 aromatic heterocycles. The monoisotopic (exact) mass is 247 g/mol. The molecular weight excluding hydrogens is 234 g/mol. The highest BCUT2D eigenvalue weighted by Crippen LogP contribution is 2.20. The maximum atomic E-state index is 12.0. The van der Waals surface area contributed by atoms with Crippen LogP contribution in [0.2, 0.25) is 0 Å². The number of hydrogen-bond donors (Lipinski definition) is 1. The van der Waals surface area contributed by atoms with Crippen LogP contribution in [0.15, 0.2) is 34.9 Å². The first kappa shape index (κ1) is 12.2. The molecule has 0 aliphatic rings. The summed E-state index contributed by atoms with van der Waals surface area (Å²) >= 11 is 0. The van der Waals surface area contributed by atoms with Crippen LogP contribution in [0.4, 0.5) is 0 Å². The number of carbonyl (C=O) groups is 2. The van der Waals surface area contributed by atoms with Gasteiger partial charge in [0.05, 0.1) is 12.7 Å². The van der Waals surface area contributed by atoms with E-state index in [2.05, 4.69) is 10.1 Å². The van der Waals surface area contributed by atoms with Gasteiger partial charge in [-0.15, -0.1) is 0 Å². The van der Waals surface area contributed by atoms with Crippen molar-refractivity contribution in [3.63, 3.8) is 0 Å². The van der Waals surface area contributed by atoms with Gasteiger partial charge in [0, 0.05) is 5.39 Å². The third kappa shape index (κ3) is 2.20. The van der Waals surface area contributed by atoms with E-state index in [4.69, 9.17) is 4.42 Å². The molecule has 0 saturated carbocycles. The minimum absolute atomic E-state index is 0.363. The second-order valence-corrected chi connectivity index (χ2v) is 3.86. The first-order chi connectivity index (χ1) is 8.63. The van der Waals surface area contributed by atoms with Gasteiger partial charge in [-0.2, -0.15) is 0 Å². The van der Waals surface area contributed by atoms with E-state index in [1.807, 2.05) is 12.1 Å². The zero-order chi connectivity index (χ0) is 13.1. The van der Waals surface area contributed by atoms with Gasteiger partial charge in [-0.1, -0.05) is 18.2 Å². The van der Waals surface area contributed by atoms with Crippen LogP contribution in [-0.4, -0.2) is 25.0 Å².